The van der Waals surface area contributed by atoms with Crippen molar-refractivity contribution < 1.29 is 14.4 Å². The van der Waals surface area contributed by atoms with Crippen molar-refractivity contribution in [3.8, 4) is 0 Å². The van der Waals surface area contributed by atoms with Gasteiger partial charge in [0.15, 0.2) is 0 Å². The summed E-state index contributed by atoms with van der Waals surface area (Å²) < 4.78 is 0. The van der Waals surface area contributed by atoms with Crippen LogP contribution in [0.25, 0.3) is 10.9 Å². The SMILES string of the molecule is O=C(NC1CCCC1)C(=O)N1CCN(C(=O)c2cc3ccccc3[nH]2)CC1. The van der Waals surface area contributed by atoms with Gasteiger partial charge < -0.3 is 20.1 Å². The molecule has 142 valence electrons. The highest BCUT2D eigenvalue weighted by atomic mass is 16.2. The third kappa shape index (κ3) is 3.67. The molecule has 2 aliphatic rings. The van der Waals surface area contributed by atoms with Gasteiger partial charge in [-0.3, -0.25) is 14.4 Å². The Morgan fingerprint density at radius 1 is 0.963 bits per heavy atom. The number of H-pyrrole nitrogens is 1. The Kier molecular flexibility index (Phi) is 4.83. The van der Waals surface area contributed by atoms with E-state index in [1.807, 2.05) is 30.3 Å². The second-order valence-corrected chi connectivity index (χ2v) is 7.31. The van der Waals surface area contributed by atoms with Crippen LogP contribution in [0.4, 0.5) is 0 Å². The Morgan fingerprint density at radius 3 is 2.33 bits per heavy atom. The number of aromatic amines is 1. The van der Waals surface area contributed by atoms with Crippen LogP contribution in [0.15, 0.2) is 30.3 Å². The van der Waals surface area contributed by atoms with E-state index in [-0.39, 0.29) is 11.9 Å². The second kappa shape index (κ2) is 7.42. The Balaban J connectivity index is 1.33. The van der Waals surface area contributed by atoms with E-state index in [2.05, 4.69) is 10.3 Å². The van der Waals surface area contributed by atoms with Gasteiger partial charge in [-0.1, -0.05) is 31.0 Å². The lowest BCUT2D eigenvalue weighted by Crippen LogP contribution is -2.54. The number of nitrogens with one attached hydrogen (secondary N) is 2. The lowest BCUT2D eigenvalue weighted by molar-refractivity contribution is -0.147. The first kappa shape index (κ1) is 17.6. The van der Waals surface area contributed by atoms with E-state index in [1.165, 1.54) is 0 Å². The zero-order valence-electron chi connectivity index (χ0n) is 15.2. The van der Waals surface area contributed by atoms with Gasteiger partial charge in [0.2, 0.25) is 0 Å². The number of piperazine rings is 1. The quantitative estimate of drug-likeness (QED) is 0.788. The molecule has 3 amide bonds. The number of hydrogen-bond donors (Lipinski definition) is 2. The number of hydrogen-bond acceptors (Lipinski definition) is 3. The fourth-order valence-electron chi connectivity index (χ4n) is 3.93. The largest absolute Gasteiger partial charge is 0.351 e. The fraction of sp³-hybridized carbons (Fsp3) is 0.450. The van der Waals surface area contributed by atoms with Crippen molar-refractivity contribution in [2.45, 2.75) is 31.7 Å². The molecule has 7 nitrogen and oxygen atoms in total. The monoisotopic (exact) mass is 368 g/mol. The van der Waals surface area contributed by atoms with E-state index in [1.54, 1.807) is 9.80 Å². The van der Waals surface area contributed by atoms with E-state index in [4.69, 9.17) is 0 Å². The van der Waals surface area contributed by atoms with Crippen LogP contribution in [0.5, 0.6) is 0 Å². The molecule has 7 heteroatoms. The molecule has 0 spiro atoms. The molecule has 1 aromatic heterocycles. The average molecular weight is 368 g/mol. The molecule has 2 aromatic rings. The smallest absolute Gasteiger partial charge is 0.312 e. The van der Waals surface area contributed by atoms with Gasteiger partial charge in [0.1, 0.15) is 5.69 Å². The van der Waals surface area contributed by atoms with E-state index >= 15 is 0 Å². The van der Waals surface area contributed by atoms with Crippen LogP contribution in [0.3, 0.4) is 0 Å². The first-order valence-corrected chi connectivity index (χ1v) is 9.58. The predicted octanol–water partition coefficient (Wildman–Crippen LogP) is 1.51. The minimum Gasteiger partial charge on any atom is -0.351 e. The minimum absolute atomic E-state index is 0.0753. The molecule has 2 N–H and O–H groups in total. The Bertz CT molecular complexity index is 828. The van der Waals surface area contributed by atoms with Crippen molar-refractivity contribution in [3.05, 3.63) is 36.0 Å². The number of carbonyl (C=O) groups excluding carboxylic acids is 3. The summed E-state index contributed by atoms with van der Waals surface area (Å²) in [5, 5.41) is 3.83. The Hall–Kier alpha value is -2.83. The van der Waals surface area contributed by atoms with Crippen molar-refractivity contribution >= 4 is 28.6 Å². The van der Waals surface area contributed by atoms with Crippen molar-refractivity contribution in [2.75, 3.05) is 26.2 Å². The summed E-state index contributed by atoms with van der Waals surface area (Å²) in [5.41, 5.74) is 1.48. The minimum atomic E-state index is -0.516. The van der Waals surface area contributed by atoms with Crippen LogP contribution in [0.1, 0.15) is 36.2 Å². The van der Waals surface area contributed by atoms with Crippen LogP contribution in [-0.2, 0) is 9.59 Å². The molecule has 0 unspecified atom stereocenters. The summed E-state index contributed by atoms with van der Waals surface area (Å²) in [7, 11) is 0. The topological polar surface area (TPSA) is 85.5 Å². The van der Waals surface area contributed by atoms with Gasteiger partial charge in [-0.25, -0.2) is 0 Å². The molecule has 1 aromatic carbocycles. The van der Waals surface area contributed by atoms with Gasteiger partial charge in [0.05, 0.1) is 0 Å². The fourth-order valence-corrected chi connectivity index (χ4v) is 3.93. The van der Waals surface area contributed by atoms with Crippen LogP contribution >= 0.6 is 0 Å². The number of carbonyl (C=O) groups is 3. The van der Waals surface area contributed by atoms with Crippen LogP contribution in [0, 0.1) is 0 Å². The molecular formula is C20H24N4O3. The normalized spacial score (nSPS) is 18.1. The van der Waals surface area contributed by atoms with Gasteiger partial charge in [-0.15, -0.1) is 0 Å². The number of amides is 3. The summed E-state index contributed by atoms with van der Waals surface area (Å²) in [5.74, 6) is -1.08. The molecule has 0 bridgehead atoms. The lowest BCUT2D eigenvalue weighted by Gasteiger charge is -2.34. The molecule has 1 saturated carbocycles. The average Bonchev–Trinajstić information content (AvgIpc) is 3.36. The number of nitrogens with zero attached hydrogens (tertiary/aromatic N) is 2. The van der Waals surface area contributed by atoms with E-state index < -0.39 is 11.8 Å². The second-order valence-electron chi connectivity index (χ2n) is 7.31. The lowest BCUT2D eigenvalue weighted by atomic mass is 10.2. The third-order valence-corrected chi connectivity index (χ3v) is 5.50. The van der Waals surface area contributed by atoms with Gasteiger partial charge in [-0.2, -0.15) is 0 Å². The number of aromatic nitrogens is 1. The summed E-state index contributed by atoms with van der Waals surface area (Å²) in [6.45, 7) is 1.61. The zero-order valence-corrected chi connectivity index (χ0v) is 15.2. The van der Waals surface area contributed by atoms with E-state index in [9.17, 15) is 14.4 Å². The van der Waals surface area contributed by atoms with Gasteiger partial charge in [0, 0.05) is 43.1 Å². The molecule has 1 aliphatic carbocycles. The molecule has 4 rings (SSSR count). The van der Waals surface area contributed by atoms with Gasteiger partial charge in [-0.05, 0) is 25.0 Å². The Morgan fingerprint density at radius 2 is 1.63 bits per heavy atom. The highest BCUT2D eigenvalue weighted by molar-refractivity contribution is 6.35. The molecule has 0 atom stereocenters. The van der Waals surface area contributed by atoms with Gasteiger partial charge >= 0.3 is 11.8 Å². The maximum atomic E-state index is 12.7. The van der Waals surface area contributed by atoms with Crippen molar-refractivity contribution in [2.24, 2.45) is 0 Å². The summed E-state index contributed by atoms with van der Waals surface area (Å²) in [4.78, 5) is 43.6. The van der Waals surface area contributed by atoms with Crippen LogP contribution < -0.4 is 5.32 Å². The first-order valence-electron chi connectivity index (χ1n) is 9.58. The molecule has 2 fully saturated rings. The Labute approximate surface area is 157 Å². The van der Waals surface area contributed by atoms with Crippen LogP contribution in [0.2, 0.25) is 0 Å². The van der Waals surface area contributed by atoms with Gasteiger partial charge in [0.25, 0.3) is 5.91 Å². The molecule has 2 heterocycles. The molecule has 1 saturated heterocycles. The van der Waals surface area contributed by atoms with Crippen molar-refractivity contribution in [1.29, 1.82) is 0 Å². The predicted molar refractivity (Wildman–Crippen MR) is 101 cm³/mol. The van der Waals surface area contributed by atoms with E-state index in [0.29, 0.717) is 31.9 Å². The van der Waals surface area contributed by atoms with Crippen molar-refractivity contribution in [3.63, 3.8) is 0 Å². The summed E-state index contributed by atoms with van der Waals surface area (Å²) >= 11 is 0. The van der Waals surface area contributed by atoms with Crippen molar-refractivity contribution in [1.82, 2.24) is 20.1 Å². The maximum Gasteiger partial charge on any atom is 0.312 e. The first-order chi connectivity index (χ1) is 13.1. The number of fused-ring (bicyclic) bond motifs is 1. The zero-order chi connectivity index (χ0) is 18.8. The maximum absolute atomic E-state index is 12.7. The molecule has 0 radical (unpaired) electrons. The summed E-state index contributed by atoms with van der Waals surface area (Å²) in [6.07, 6.45) is 4.11. The molecule has 27 heavy (non-hydrogen) atoms. The highest BCUT2D eigenvalue weighted by Gasteiger charge is 2.30. The third-order valence-electron chi connectivity index (χ3n) is 5.50. The van der Waals surface area contributed by atoms with Crippen LogP contribution in [-0.4, -0.2) is 64.7 Å². The molecule has 1 aliphatic heterocycles. The number of benzene rings is 1. The number of para-hydroxylation sites is 1. The number of rotatable bonds is 2. The molecular weight excluding hydrogens is 344 g/mol. The standard InChI is InChI=1S/C20H24N4O3/c25-18(21-15-6-2-3-7-15)20(27)24-11-9-23(10-12-24)19(26)17-13-14-5-1-4-8-16(14)22-17/h1,4-5,8,13,15,22H,2-3,6-7,9-12H2,(H,21,25). The summed E-state index contributed by atoms with van der Waals surface area (Å²) in [6, 6.07) is 9.74. The highest BCUT2D eigenvalue weighted by Crippen LogP contribution is 2.18. The van der Waals surface area contributed by atoms with E-state index in [0.717, 1.165) is 36.6 Å².